The molecule has 0 aliphatic heterocycles. The number of carboxylic acids is 1. The Labute approximate surface area is 110 Å². The lowest BCUT2D eigenvalue weighted by atomic mass is 10.1. The van der Waals surface area contributed by atoms with Crippen LogP contribution in [0.15, 0.2) is 23.1 Å². The van der Waals surface area contributed by atoms with Crippen molar-refractivity contribution in [3.63, 3.8) is 0 Å². The normalized spacial score (nSPS) is 13.3. The van der Waals surface area contributed by atoms with Crippen LogP contribution in [0.4, 0.5) is 13.2 Å². The average Bonchev–Trinajstić information content (AvgIpc) is 2.34. The van der Waals surface area contributed by atoms with Gasteiger partial charge in [-0.05, 0) is 18.2 Å². The largest absolute Gasteiger partial charge is 0.478 e. The van der Waals surface area contributed by atoms with Crippen LogP contribution in [-0.4, -0.2) is 39.8 Å². The van der Waals surface area contributed by atoms with Crippen LogP contribution in [0, 0.1) is 0 Å². The number of thioether (sulfide) groups is 1. The van der Waals surface area contributed by atoms with E-state index >= 15 is 0 Å². The summed E-state index contributed by atoms with van der Waals surface area (Å²) in [6.07, 6.45) is -5.81. The molecule has 1 aromatic rings. The first-order chi connectivity index (χ1) is 8.75. The number of aromatic carboxylic acids is 1. The molecule has 4 nitrogen and oxygen atoms in total. The van der Waals surface area contributed by atoms with Crippen molar-refractivity contribution < 1.29 is 33.3 Å². The molecule has 0 radical (unpaired) electrons. The van der Waals surface area contributed by atoms with Gasteiger partial charge in [-0.1, -0.05) is 0 Å². The van der Waals surface area contributed by atoms with E-state index < -0.39 is 36.0 Å². The van der Waals surface area contributed by atoms with Crippen molar-refractivity contribution in [3.05, 3.63) is 29.3 Å². The van der Waals surface area contributed by atoms with Gasteiger partial charge in [-0.25, -0.2) is 4.79 Å². The molecular weight excluding hydrogens is 285 g/mol. The summed E-state index contributed by atoms with van der Waals surface area (Å²) in [6, 6.07) is 2.82. The summed E-state index contributed by atoms with van der Waals surface area (Å²) >= 11 is 0.901. The van der Waals surface area contributed by atoms with Crippen LogP contribution in [-0.2, 0) is 6.18 Å². The number of hydrogen-bond acceptors (Lipinski definition) is 4. The summed E-state index contributed by atoms with van der Waals surface area (Å²) in [5.74, 6) is -1.64. The SMILES string of the molecule is O=C(O)c1ccc(SCC(O)CO)cc1C(F)(F)F. The summed E-state index contributed by atoms with van der Waals surface area (Å²) in [7, 11) is 0. The third-order valence-corrected chi connectivity index (χ3v) is 3.32. The van der Waals surface area contributed by atoms with E-state index in [1.165, 1.54) is 6.07 Å². The Balaban J connectivity index is 3.02. The Bertz CT molecular complexity index is 462. The highest BCUT2D eigenvalue weighted by Gasteiger charge is 2.35. The van der Waals surface area contributed by atoms with Crippen LogP contribution in [0.1, 0.15) is 15.9 Å². The van der Waals surface area contributed by atoms with Crippen molar-refractivity contribution in [3.8, 4) is 0 Å². The number of hydrogen-bond donors (Lipinski definition) is 3. The van der Waals surface area contributed by atoms with Gasteiger partial charge in [0.2, 0.25) is 0 Å². The molecule has 1 atom stereocenters. The molecule has 1 rings (SSSR count). The van der Waals surface area contributed by atoms with Gasteiger partial charge in [-0.2, -0.15) is 13.2 Å². The molecule has 0 aromatic heterocycles. The Morgan fingerprint density at radius 2 is 2.00 bits per heavy atom. The summed E-state index contributed by atoms with van der Waals surface area (Å²) < 4.78 is 38.1. The third kappa shape index (κ3) is 4.41. The second kappa shape index (κ2) is 6.27. The number of carbonyl (C=O) groups is 1. The topological polar surface area (TPSA) is 77.8 Å². The van der Waals surface area contributed by atoms with E-state index in [4.69, 9.17) is 15.3 Å². The number of halogens is 3. The van der Waals surface area contributed by atoms with Crippen LogP contribution >= 0.6 is 11.8 Å². The van der Waals surface area contributed by atoms with E-state index in [0.717, 1.165) is 23.9 Å². The molecule has 3 N–H and O–H groups in total. The quantitative estimate of drug-likeness (QED) is 0.723. The monoisotopic (exact) mass is 296 g/mol. The van der Waals surface area contributed by atoms with Crippen LogP contribution < -0.4 is 0 Å². The zero-order valence-electron chi connectivity index (χ0n) is 9.52. The standard InChI is InChI=1S/C11H11F3O4S/c12-11(13,14)9-3-7(19-5-6(16)4-15)1-2-8(9)10(17)18/h1-3,6,15-16H,4-5H2,(H,17,18). The summed E-state index contributed by atoms with van der Waals surface area (Å²) in [5.41, 5.74) is -2.05. The molecule has 0 saturated carbocycles. The van der Waals surface area contributed by atoms with Gasteiger partial charge in [0.1, 0.15) is 0 Å². The second-order valence-corrected chi connectivity index (χ2v) is 4.75. The van der Waals surface area contributed by atoms with Crippen LogP contribution in [0.2, 0.25) is 0 Å². The van der Waals surface area contributed by atoms with E-state index in [9.17, 15) is 18.0 Å². The minimum atomic E-state index is -4.76. The van der Waals surface area contributed by atoms with Gasteiger partial charge in [-0.15, -0.1) is 11.8 Å². The average molecular weight is 296 g/mol. The number of carboxylic acid groups (broad SMARTS) is 1. The maximum absolute atomic E-state index is 12.7. The van der Waals surface area contributed by atoms with Crippen molar-refractivity contribution in [2.75, 3.05) is 12.4 Å². The van der Waals surface area contributed by atoms with Gasteiger partial charge >= 0.3 is 12.1 Å². The minimum Gasteiger partial charge on any atom is -0.478 e. The van der Waals surface area contributed by atoms with Crippen molar-refractivity contribution in [2.45, 2.75) is 17.2 Å². The molecule has 0 aliphatic carbocycles. The van der Waals surface area contributed by atoms with Gasteiger partial charge in [0.15, 0.2) is 0 Å². The molecule has 0 bridgehead atoms. The van der Waals surface area contributed by atoms with Gasteiger partial charge < -0.3 is 15.3 Å². The van der Waals surface area contributed by atoms with Crippen molar-refractivity contribution in [1.29, 1.82) is 0 Å². The zero-order valence-corrected chi connectivity index (χ0v) is 10.3. The highest BCUT2D eigenvalue weighted by Crippen LogP contribution is 2.34. The molecule has 1 unspecified atom stereocenters. The lowest BCUT2D eigenvalue weighted by molar-refractivity contribution is -0.138. The number of aliphatic hydroxyl groups is 2. The highest BCUT2D eigenvalue weighted by molar-refractivity contribution is 7.99. The molecule has 0 heterocycles. The van der Waals surface area contributed by atoms with Crippen LogP contribution in [0.5, 0.6) is 0 Å². The maximum Gasteiger partial charge on any atom is 0.417 e. The van der Waals surface area contributed by atoms with E-state index in [-0.39, 0.29) is 10.6 Å². The molecule has 0 spiro atoms. The molecule has 106 valence electrons. The predicted octanol–water partition coefficient (Wildman–Crippen LogP) is 1.85. The number of benzene rings is 1. The lowest BCUT2D eigenvalue weighted by Crippen LogP contribution is -2.15. The Morgan fingerprint density at radius 3 is 2.47 bits per heavy atom. The smallest absolute Gasteiger partial charge is 0.417 e. The number of aliphatic hydroxyl groups excluding tert-OH is 2. The Kier molecular flexibility index (Phi) is 5.21. The van der Waals surface area contributed by atoms with Gasteiger partial charge in [0.25, 0.3) is 0 Å². The fourth-order valence-electron chi connectivity index (χ4n) is 1.28. The van der Waals surface area contributed by atoms with E-state index in [1.807, 2.05) is 0 Å². The van der Waals surface area contributed by atoms with Crippen LogP contribution in [0.3, 0.4) is 0 Å². The van der Waals surface area contributed by atoms with E-state index in [1.54, 1.807) is 0 Å². The minimum absolute atomic E-state index is 0.0141. The first-order valence-electron chi connectivity index (χ1n) is 5.12. The van der Waals surface area contributed by atoms with Crippen molar-refractivity contribution >= 4 is 17.7 Å². The third-order valence-electron chi connectivity index (χ3n) is 2.18. The Morgan fingerprint density at radius 1 is 1.37 bits per heavy atom. The predicted molar refractivity (Wildman–Crippen MR) is 62.2 cm³/mol. The van der Waals surface area contributed by atoms with E-state index in [0.29, 0.717) is 0 Å². The van der Waals surface area contributed by atoms with Crippen molar-refractivity contribution in [2.24, 2.45) is 0 Å². The molecule has 1 aromatic carbocycles. The molecule has 0 saturated heterocycles. The maximum atomic E-state index is 12.7. The molecule has 8 heteroatoms. The Hall–Kier alpha value is -1.25. The van der Waals surface area contributed by atoms with E-state index in [2.05, 4.69) is 0 Å². The summed E-state index contributed by atoms with van der Waals surface area (Å²) in [4.78, 5) is 10.9. The second-order valence-electron chi connectivity index (χ2n) is 3.66. The molecule has 0 amide bonds. The van der Waals surface area contributed by atoms with Gasteiger partial charge in [0, 0.05) is 10.6 Å². The first-order valence-corrected chi connectivity index (χ1v) is 6.10. The van der Waals surface area contributed by atoms with Gasteiger partial charge in [-0.3, -0.25) is 0 Å². The first kappa shape index (κ1) is 15.8. The van der Waals surface area contributed by atoms with Crippen LogP contribution in [0.25, 0.3) is 0 Å². The lowest BCUT2D eigenvalue weighted by Gasteiger charge is -2.12. The molecule has 0 fully saturated rings. The molecule has 19 heavy (non-hydrogen) atoms. The molecule has 0 aliphatic rings. The number of alkyl halides is 3. The van der Waals surface area contributed by atoms with Crippen molar-refractivity contribution in [1.82, 2.24) is 0 Å². The summed E-state index contributed by atoms with van der Waals surface area (Å²) in [6.45, 7) is -0.494. The van der Waals surface area contributed by atoms with Gasteiger partial charge in [0.05, 0.1) is 23.8 Å². The fraction of sp³-hybridized carbons (Fsp3) is 0.364. The summed E-state index contributed by atoms with van der Waals surface area (Å²) in [5, 5.41) is 26.4. The highest BCUT2D eigenvalue weighted by atomic mass is 32.2. The zero-order chi connectivity index (χ0) is 14.6. The molecular formula is C11H11F3O4S. The number of rotatable bonds is 5. The fourth-order valence-corrected chi connectivity index (χ4v) is 2.13.